The number of aliphatic hydroxyl groups is 1. The molecule has 4 nitrogen and oxygen atoms in total. The summed E-state index contributed by atoms with van der Waals surface area (Å²) in [6.45, 7) is 2.33. The highest BCUT2D eigenvalue weighted by atomic mass is 16.2. The fraction of sp³-hybridized carbons (Fsp3) is 0.727. The van der Waals surface area contributed by atoms with Gasteiger partial charge in [0.1, 0.15) is 0 Å². The molecule has 4 heteroatoms. The van der Waals surface area contributed by atoms with Gasteiger partial charge in [-0.05, 0) is 31.9 Å². The first-order valence-electron chi connectivity index (χ1n) is 5.63. The van der Waals surface area contributed by atoms with Crippen molar-refractivity contribution in [2.45, 2.75) is 25.7 Å². The smallest absolute Gasteiger partial charge is 0.0637 e. The first kappa shape index (κ1) is 12.2. The van der Waals surface area contributed by atoms with Crippen molar-refractivity contribution in [1.82, 2.24) is 15.1 Å². The number of hydrogen-bond donors (Lipinski definition) is 2. The molecule has 1 heterocycles. The van der Waals surface area contributed by atoms with Crippen LogP contribution in [0.15, 0.2) is 12.3 Å². The SMILES string of the molecule is Cn1ccc(CCNCCCCCO)n1. The lowest BCUT2D eigenvalue weighted by Gasteiger charge is -2.02. The summed E-state index contributed by atoms with van der Waals surface area (Å²) >= 11 is 0. The third kappa shape index (κ3) is 5.54. The van der Waals surface area contributed by atoms with Crippen LogP contribution in [-0.2, 0) is 13.5 Å². The molecule has 0 aromatic carbocycles. The quantitative estimate of drug-likeness (QED) is 0.623. The Morgan fingerprint density at radius 1 is 1.33 bits per heavy atom. The van der Waals surface area contributed by atoms with Crippen molar-refractivity contribution < 1.29 is 5.11 Å². The first-order chi connectivity index (χ1) is 7.33. The summed E-state index contributed by atoms with van der Waals surface area (Å²) in [5.41, 5.74) is 1.14. The lowest BCUT2D eigenvalue weighted by Crippen LogP contribution is -2.18. The van der Waals surface area contributed by atoms with Crippen molar-refractivity contribution in [3.05, 3.63) is 18.0 Å². The van der Waals surface area contributed by atoms with Gasteiger partial charge in [-0.2, -0.15) is 5.10 Å². The average molecular weight is 211 g/mol. The summed E-state index contributed by atoms with van der Waals surface area (Å²) in [6, 6.07) is 2.05. The number of unbranched alkanes of at least 4 members (excludes halogenated alkanes) is 2. The van der Waals surface area contributed by atoms with Gasteiger partial charge in [0.05, 0.1) is 5.69 Å². The van der Waals surface area contributed by atoms with Crippen LogP contribution in [0.25, 0.3) is 0 Å². The third-order valence-corrected chi connectivity index (χ3v) is 2.34. The van der Waals surface area contributed by atoms with E-state index in [1.54, 1.807) is 0 Å². The normalized spacial score (nSPS) is 10.8. The first-order valence-corrected chi connectivity index (χ1v) is 5.63. The second-order valence-corrected chi connectivity index (χ2v) is 3.77. The predicted octanol–water partition coefficient (Wildman–Crippen LogP) is 0.715. The van der Waals surface area contributed by atoms with Gasteiger partial charge in [0, 0.05) is 32.8 Å². The van der Waals surface area contributed by atoms with Crippen LogP contribution in [0.3, 0.4) is 0 Å². The molecule has 0 spiro atoms. The highest BCUT2D eigenvalue weighted by Gasteiger charge is 1.95. The molecule has 0 aliphatic heterocycles. The van der Waals surface area contributed by atoms with Crippen molar-refractivity contribution in [3.8, 4) is 0 Å². The van der Waals surface area contributed by atoms with Crippen LogP contribution in [0.2, 0.25) is 0 Å². The minimum atomic E-state index is 0.313. The Morgan fingerprint density at radius 3 is 2.87 bits per heavy atom. The van der Waals surface area contributed by atoms with E-state index in [-0.39, 0.29) is 0 Å². The van der Waals surface area contributed by atoms with Crippen LogP contribution in [-0.4, -0.2) is 34.6 Å². The molecule has 0 aliphatic carbocycles. The summed E-state index contributed by atoms with van der Waals surface area (Å²) in [7, 11) is 1.94. The van der Waals surface area contributed by atoms with E-state index in [9.17, 15) is 0 Å². The fourth-order valence-corrected chi connectivity index (χ4v) is 1.48. The van der Waals surface area contributed by atoms with Gasteiger partial charge in [-0.15, -0.1) is 0 Å². The monoisotopic (exact) mass is 211 g/mol. The molecule has 0 amide bonds. The third-order valence-electron chi connectivity index (χ3n) is 2.34. The summed E-state index contributed by atoms with van der Waals surface area (Å²) in [5, 5.41) is 16.3. The molecule has 0 unspecified atom stereocenters. The molecule has 1 rings (SSSR count). The maximum absolute atomic E-state index is 8.59. The van der Waals surface area contributed by atoms with Gasteiger partial charge < -0.3 is 10.4 Å². The van der Waals surface area contributed by atoms with E-state index in [2.05, 4.69) is 10.4 Å². The zero-order chi connectivity index (χ0) is 10.9. The molecule has 0 fully saturated rings. The van der Waals surface area contributed by atoms with Crippen LogP contribution in [0.5, 0.6) is 0 Å². The Labute approximate surface area is 91.3 Å². The summed E-state index contributed by atoms with van der Waals surface area (Å²) < 4.78 is 1.83. The second kappa shape index (κ2) is 7.43. The molecule has 2 N–H and O–H groups in total. The highest BCUT2D eigenvalue weighted by Crippen LogP contribution is 1.95. The minimum absolute atomic E-state index is 0.313. The van der Waals surface area contributed by atoms with Crippen LogP contribution in [0, 0.1) is 0 Å². The number of hydrogen-bond acceptors (Lipinski definition) is 3. The van der Waals surface area contributed by atoms with E-state index < -0.39 is 0 Å². The topological polar surface area (TPSA) is 50.1 Å². The fourth-order valence-electron chi connectivity index (χ4n) is 1.48. The van der Waals surface area contributed by atoms with Crippen LogP contribution in [0.1, 0.15) is 25.0 Å². The van der Waals surface area contributed by atoms with Crippen LogP contribution in [0.4, 0.5) is 0 Å². The molecule has 0 atom stereocenters. The summed E-state index contributed by atoms with van der Waals surface area (Å²) in [4.78, 5) is 0. The molecule has 0 aliphatic rings. The van der Waals surface area contributed by atoms with Crippen molar-refractivity contribution in [2.24, 2.45) is 7.05 Å². The van der Waals surface area contributed by atoms with Crippen LogP contribution < -0.4 is 5.32 Å². The zero-order valence-corrected chi connectivity index (χ0v) is 9.45. The predicted molar refractivity (Wildman–Crippen MR) is 60.7 cm³/mol. The van der Waals surface area contributed by atoms with Gasteiger partial charge in [-0.3, -0.25) is 4.68 Å². The van der Waals surface area contributed by atoms with Crippen molar-refractivity contribution in [1.29, 1.82) is 0 Å². The molecule has 1 aromatic rings. The summed E-state index contributed by atoms with van der Waals surface area (Å²) in [5.74, 6) is 0. The van der Waals surface area contributed by atoms with Gasteiger partial charge in [0.2, 0.25) is 0 Å². The molecular formula is C11H21N3O. The minimum Gasteiger partial charge on any atom is -0.396 e. The van der Waals surface area contributed by atoms with E-state index in [1.165, 1.54) is 0 Å². The highest BCUT2D eigenvalue weighted by molar-refractivity contribution is 4.98. The Balaban J connectivity index is 1.93. The number of aryl methyl sites for hydroxylation is 1. The Bertz CT molecular complexity index is 260. The van der Waals surface area contributed by atoms with Gasteiger partial charge in [-0.1, -0.05) is 0 Å². The molecule has 1 aromatic heterocycles. The van der Waals surface area contributed by atoms with Gasteiger partial charge in [0.25, 0.3) is 0 Å². The Hall–Kier alpha value is -0.870. The van der Waals surface area contributed by atoms with E-state index in [1.807, 2.05) is 24.0 Å². The maximum atomic E-state index is 8.59. The summed E-state index contributed by atoms with van der Waals surface area (Å²) in [6.07, 6.45) is 6.12. The van der Waals surface area contributed by atoms with Gasteiger partial charge in [-0.25, -0.2) is 0 Å². The van der Waals surface area contributed by atoms with Gasteiger partial charge in [0.15, 0.2) is 0 Å². The average Bonchev–Trinajstić information content (AvgIpc) is 2.63. The van der Waals surface area contributed by atoms with Crippen molar-refractivity contribution >= 4 is 0 Å². The molecular weight excluding hydrogens is 190 g/mol. The van der Waals surface area contributed by atoms with Crippen LogP contribution >= 0.6 is 0 Å². The van der Waals surface area contributed by atoms with E-state index in [4.69, 9.17) is 5.11 Å². The molecule has 0 radical (unpaired) electrons. The molecule has 0 saturated carbocycles. The molecule has 0 bridgehead atoms. The largest absolute Gasteiger partial charge is 0.396 e. The number of nitrogens with zero attached hydrogens (tertiary/aromatic N) is 2. The van der Waals surface area contributed by atoms with Gasteiger partial charge >= 0.3 is 0 Å². The standard InChI is InChI=1S/C11H21N3O/c1-14-9-6-11(13-14)5-8-12-7-3-2-4-10-15/h6,9,12,15H,2-5,7-8,10H2,1H3. The van der Waals surface area contributed by atoms with Crippen molar-refractivity contribution in [2.75, 3.05) is 19.7 Å². The maximum Gasteiger partial charge on any atom is 0.0637 e. The van der Waals surface area contributed by atoms with E-state index in [0.717, 1.165) is 44.5 Å². The zero-order valence-electron chi connectivity index (χ0n) is 9.45. The molecule has 0 saturated heterocycles. The lowest BCUT2D eigenvalue weighted by molar-refractivity contribution is 0.283. The number of rotatable bonds is 8. The van der Waals surface area contributed by atoms with E-state index in [0.29, 0.717) is 6.61 Å². The Morgan fingerprint density at radius 2 is 2.20 bits per heavy atom. The molecule has 15 heavy (non-hydrogen) atoms. The van der Waals surface area contributed by atoms with E-state index >= 15 is 0 Å². The Kier molecular flexibility index (Phi) is 6.04. The number of nitrogens with one attached hydrogen (secondary N) is 1. The second-order valence-electron chi connectivity index (χ2n) is 3.77. The van der Waals surface area contributed by atoms with Crippen molar-refractivity contribution in [3.63, 3.8) is 0 Å². The lowest BCUT2D eigenvalue weighted by atomic mass is 10.2. The molecule has 86 valence electrons. The number of aliphatic hydroxyl groups excluding tert-OH is 1. The number of aromatic nitrogens is 2.